The van der Waals surface area contributed by atoms with E-state index in [1.165, 1.54) is 38.8 Å². The highest BCUT2D eigenvalue weighted by atomic mass is 31.2. The lowest BCUT2D eigenvalue weighted by Gasteiger charge is -2.26. The van der Waals surface area contributed by atoms with Crippen molar-refractivity contribution in [2.45, 2.75) is 38.5 Å². The standard InChI is InChI=1S/C20H33N4O10P/c1-13(2)10-14(19(27)32-5)23-35(29,34-12-18(26)31-4)33-11-16(30-3)15(25)6-8-24-9-7-17(21)22-20(24)28/h6-9,13-16,25H,10-12H2,1-5H3,(H,23,29)(H2,21,22,28)/b8-6+/t14-,15+,16?,35?/m0/s1. The molecule has 4 atom stereocenters. The Hall–Kier alpha value is -2.61. The van der Waals surface area contributed by atoms with Gasteiger partial charge in [0.2, 0.25) is 0 Å². The summed E-state index contributed by atoms with van der Waals surface area (Å²) in [5.41, 5.74) is 4.77. The number of hydrogen-bond acceptors (Lipinski definition) is 12. The third kappa shape index (κ3) is 10.7. The third-order valence-corrected chi connectivity index (χ3v) is 6.06. The molecule has 4 N–H and O–H groups in total. The van der Waals surface area contributed by atoms with Crippen molar-refractivity contribution < 1.29 is 42.5 Å². The van der Waals surface area contributed by atoms with E-state index in [0.717, 1.165) is 11.7 Å². The molecule has 0 bridgehead atoms. The predicted molar refractivity (Wildman–Crippen MR) is 125 cm³/mol. The Labute approximate surface area is 202 Å². The fourth-order valence-corrected chi connectivity index (χ4v) is 4.07. The van der Waals surface area contributed by atoms with Crippen LogP contribution in [0.3, 0.4) is 0 Å². The number of nitrogens with zero attached hydrogens (tertiary/aromatic N) is 2. The lowest BCUT2D eigenvalue weighted by Crippen LogP contribution is -2.39. The number of nitrogen functional groups attached to an aromatic ring is 1. The smallest absolute Gasteiger partial charge is 0.406 e. The Morgan fingerprint density at radius 2 is 1.94 bits per heavy atom. The molecule has 1 aromatic rings. The van der Waals surface area contributed by atoms with E-state index >= 15 is 0 Å². The Balaban J connectivity index is 3.01. The molecule has 0 saturated carbocycles. The van der Waals surface area contributed by atoms with Crippen LogP contribution >= 0.6 is 7.75 Å². The Kier molecular flexibility index (Phi) is 12.8. The van der Waals surface area contributed by atoms with E-state index in [0.29, 0.717) is 0 Å². The molecule has 0 amide bonds. The van der Waals surface area contributed by atoms with E-state index in [4.69, 9.17) is 24.3 Å². The monoisotopic (exact) mass is 520 g/mol. The highest BCUT2D eigenvalue weighted by Gasteiger charge is 2.35. The summed E-state index contributed by atoms with van der Waals surface area (Å²) in [5, 5.41) is 12.9. The molecular formula is C20H33N4O10P. The van der Waals surface area contributed by atoms with Gasteiger partial charge in [0.05, 0.1) is 20.8 Å². The molecule has 0 aromatic carbocycles. The Morgan fingerprint density at radius 1 is 1.26 bits per heavy atom. The van der Waals surface area contributed by atoms with Gasteiger partial charge in [-0.15, -0.1) is 0 Å². The van der Waals surface area contributed by atoms with Gasteiger partial charge < -0.3 is 25.1 Å². The van der Waals surface area contributed by atoms with Crippen LogP contribution in [0.5, 0.6) is 0 Å². The van der Waals surface area contributed by atoms with E-state index in [-0.39, 0.29) is 18.2 Å². The van der Waals surface area contributed by atoms with Crippen molar-refractivity contribution in [2.24, 2.45) is 5.92 Å². The van der Waals surface area contributed by atoms with Crippen LogP contribution in [0.4, 0.5) is 5.82 Å². The van der Waals surface area contributed by atoms with E-state index in [2.05, 4.69) is 14.8 Å². The fraction of sp³-hybridized carbons (Fsp3) is 0.600. The number of carbonyl (C=O) groups is 2. The van der Waals surface area contributed by atoms with E-state index < -0.39 is 56.8 Å². The summed E-state index contributed by atoms with van der Waals surface area (Å²) in [6, 6.07) is 0.323. The topological polar surface area (TPSA) is 191 Å². The number of rotatable bonds is 15. The van der Waals surface area contributed by atoms with Gasteiger partial charge in [-0.05, 0) is 24.5 Å². The maximum Gasteiger partial charge on any atom is 0.406 e. The van der Waals surface area contributed by atoms with Gasteiger partial charge in [-0.1, -0.05) is 13.8 Å². The second-order valence-corrected chi connectivity index (χ2v) is 9.40. The minimum atomic E-state index is -4.31. The van der Waals surface area contributed by atoms with Gasteiger partial charge in [0.1, 0.15) is 24.1 Å². The van der Waals surface area contributed by atoms with Gasteiger partial charge >= 0.3 is 25.4 Å². The van der Waals surface area contributed by atoms with E-state index in [9.17, 15) is 24.1 Å². The highest BCUT2D eigenvalue weighted by molar-refractivity contribution is 7.51. The summed E-state index contributed by atoms with van der Waals surface area (Å²) in [7, 11) is -0.751. The molecule has 15 heteroatoms. The number of anilines is 1. The van der Waals surface area contributed by atoms with Crippen molar-refractivity contribution in [3.8, 4) is 0 Å². The van der Waals surface area contributed by atoms with Gasteiger partial charge in [-0.2, -0.15) is 4.98 Å². The normalized spacial score (nSPS) is 16.0. The molecule has 0 aliphatic carbocycles. The summed E-state index contributed by atoms with van der Waals surface area (Å²) >= 11 is 0. The first-order chi connectivity index (χ1) is 16.4. The zero-order valence-corrected chi connectivity index (χ0v) is 21.2. The lowest BCUT2D eigenvalue weighted by molar-refractivity contribution is -0.143. The molecule has 0 spiro atoms. The number of nitrogens with two attached hydrogens (primary N) is 1. The highest BCUT2D eigenvalue weighted by Crippen LogP contribution is 2.45. The Morgan fingerprint density at radius 3 is 2.49 bits per heavy atom. The summed E-state index contributed by atoms with van der Waals surface area (Å²) < 4.78 is 39.4. The number of carbonyl (C=O) groups excluding carboxylic acids is 2. The molecule has 0 aliphatic rings. The number of nitrogens with one attached hydrogen (secondary N) is 1. The van der Waals surface area contributed by atoms with Gasteiger partial charge in [-0.3, -0.25) is 18.4 Å². The maximum absolute atomic E-state index is 13.4. The lowest BCUT2D eigenvalue weighted by atomic mass is 10.1. The van der Waals surface area contributed by atoms with E-state index in [1.54, 1.807) is 0 Å². The van der Waals surface area contributed by atoms with Crippen LogP contribution < -0.4 is 16.5 Å². The molecule has 0 aliphatic heterocycles. The number of esters is 2. The molecule has 1 heterocycles. The number of hydrogen-bond donors (Lipinski definition) is 3. The molecule has 0 radical (unpaired) electrons. The number of aliphatic hydroxyl groups is 1. The molecule has 0 saturated heterocycles. The van der Waals surface area contributed by atoms with Crippen LogP contribution in [0.2, 0.25) is 0 Å². The van der Waals surface area contributed by atoms with Gasteiger partial charge in [0.15, 0.2) is 6.61 Å². The van der Waals surface area contributed by atoms with E-state index in [1.807, 2.05) is 13.8 Å². The van der Waals surface area contributed by atoms with Crippen LogP contribution in [-0.2, 0) is 37.4 Å². The van der Waals surface area contributed by atoms with Crippen molar-refractivity contribution >= 4 is 31.7 Å². The molecular weight excluding hydrogens is 487 g/mol. The fourth-order valence-electron chi connectivity index (χ4n) is 2.64. The average molecular weight is 520 g/mol. The maximum atomic E-state index is 13.4. The van der Waals surface area contributed by atoms with Gasteiger partial charge in [0, 0.05) is 19.5 Å². The number of aromatic nitrogens is 2. The van der Waals surface area contributed by atoms with Crippen LogP contribution in [-0.4, -0.2) is 79.4 Å². The summed E-state index contributed by atoms with van der Waals surface area (Å²) in [5.74, 6) is -1.49. The second-order valence-electron chi connectivity index (χ2n) is 7.63. The molecule has 14 nitrogen and oxygen atoms in total. The van der Waals surface area contributed by atoms with Gasteiger partial charge in [0.25, 0.3) is 0 Å². The summed E-state index contributed by atoms with van der Waals surface area (Å²) in [4.78, 5) is 39.1. The molecule has 1 rings (SSSR count). The van der Waals surface area contributed by atoms with Crippen LogP contribution in [0, 0.1) is 5.92 Å². The van der Waals surface area contributed by atoms with Crippen molar-refractivity contribution in [3.63, 3.8) is 0 Å². The van der Waals surface area contributed by atoms with Crippen LogP contribution in [0.1, 0.15) is 20.3 Å². The SMILES string of the molecule is COC(=O)COP(=O)(N[C@@H](CC(C)C)C(=O)OC)OCC(OC)[C@H](O)/C=C/n1ccc(N)nc1=O. The number of ether oxygens (including phenoxy) is 3. The van der Waals surface area contributed by atoms with Crippen molar-refractivity contribution in [2.75, 3.05) is 40.3 Å². The zero-order chi connectivity index (χ0) is 26.6. The first-order valence-corrected chi connectivity index (χ1v) is 12.0. The molecule has 0 fully saturated rings. The van der Waals surface area contributed by atoms with Gasteiger partial charge in [-0.25, -0.2) is 19.2 Å². The second kappa shape index (κ2) is 14.7. The van der Waals surface area contributed by atoms with Crippen molar-refractivity contribution in [1.29, 1.82) is 0 Å². The molecule has 2 unspecified atom stereocenters. The third-order valence-electron chi connectivity index (χ3n) is 4.47. The molecule has 198 valence electrons. The largest absolute Gasteiger partial charge is 0.468 e. The summed E-state index contributed by atoms with van der Waals surface area (Å²) in [6.07, 6.45) is 1.64. The van der Waals surface area contributed by atoms with Crippen LogP contribution in [0.25, 0.3) is 6.20 Å². The van der Waals surface area contributed by atoms with Crippen molar-refractivity contribution in [1.82, 2.24) is 14.6 Å². The summed E-state index contributed by atoms with van der Waals surface area (Å²) in [6.45, 7) is 2.45. The minimum absolute atomic E-state index is 0.00516. The first-order valence-electron chi connectivity index (χ1n) is 10.5. The van der Waals surface area contributed by atoms with Crippen molar-refractivity contribution in [3.05, 3.63) is 28.8 Å². The minimum Gasteiger partial charge on any atom is -0.468 e. The first kappa shape index (κ1) is 30.4. The molecule has 1 aromatic heterocycles. The Bertz CT molecular complexity index is 967. The predicted octanol–water partition coefficient (Wildman–Crippen LogP) is 0.164. The molecule has 35 heavy (non-hydrogen) atoms. The van der Waals surface area contributed by atoms with Crippen LogP contribution in [0.15, 0.2) is 23.1 Å². The number of methoxy groups -OCH3 is 3. The quantitative estimate of drug-likeness (QED) is 0.210. The zero-order valence-electron chi connectivity index (χ0n) is 20.3. The number of aliphatic hydroxyl groups excluding tert-OH is 1. The average Bonchev–Trinajstić information content (AvgIpc) is 2.81.